The molecule has 2 aromatic heterocycles. The van der Waals surface area contributed by atoms with E-state index in [1.807, 2.05) is 18.5 Å². The van der Waals surface area contributed by atoms with E-state index in [0.717, 1.165) is 31.2 Å². The summed E-state index contributed by atoms with van der Waals surface area (Å²) in [6, 6.07) is 1.97. The Kier molecular flexibility index (Phi) is 2.90. The number of nitrogens with zero attached hydrogens (tertiary/aromatic N) is 4. The summed E-state index contributed by atoms with van der Waals surface area (Å²) in [6.07, 6.45) is 10.6. The Morgan fingerprint density at radius 2 is 2.15 bits per heavy atom. The summed E-state index contributed by atoms with van der Waals surface area (Å²) in [5.74, 6) is 4.46. The van der Waals surface area contributed by atoms with Crippen LogP contribution in [0.5, 0.6) is 0 Å². The average molecular weight is 269 g/mol. The van der Waals surface area contributed by atoms with Crippen molar-refractivity contribution in [2.45, 2.75) is 38.1 Å². The fourth-order valence-corrected chi connectivity index (χ4v) is 2.86. The highest BCUT2D eigenvalue weighted by molar-refractivity contribution is 5.34. The van der Waals surface area contributed by atoms with Gasteiger partial charge >= 0.3 is 0 Å². The van der Waals surface area contributed by atoms with E-state index in [9.17, 15) is 0 Å². The first kappa shape index (κ1) is 11.9. The molecule has 2 aliphatic rings. The van der Waals surface area contributed by atoms with Gasteiger partial charge in [-0.05, 0) is 31.2 Å². The highest BCUT2D eigenvalue weighted by Gasteiger charge is 2.26. The van der Waals surface area contributed by atoms with Gasteiger partial charge < -0.3 is 9.88 Å². The van der Waals surface area contributed by atoms with Gasteiger partial charge in [0, 0.05) is 44.0 Å². The highest BCUT2D eigenvalue weighted by atomic mass is 15.1. The number of anilines is 1. The quantitative estimate of drug-likeness (QED) is 0.924. The number of imidazole rings is 1. The first-order chi connectivity index (χ1) is 9.88. The van der Waals surface area contributed by atoms with Crippen molar-refractivity contribution in [3.05, 3.63) is 36.3 Å². The lowest BCUT2D eigenvalue weighted by atomic mass is 9.99. The van der Waals surface area contributed by atoms with Crippen LogP contribution < -0.4 is 5.32 Å². The smallest absolute Gasteiger partial charge is 0.133 e. The Bertz CT molecular complexity index is 602. The molecule has 0 aromatic carbocycles. The van der Waals surface area contributed by atoms with E-state index >= 15 is 0 Å². The molecule has 3 heterocycles. The second-order valence-corrected chi connectivity index (χ2v) is 5.86. The zero-order valence-corrected chi connectivity index (χ0v) is 11.5. The molecule has 0 spiro atoms. The van der Waals surface area contributed by atoms with Crippen LogP contribution in [-0.4, -0.2) is 26.1 Å². The topological polar surface area (TPSA) is 55.6 Å². The van der Waals surface area contributed by atoms with Crippen molar-refractivity contribution in [1.29, 1.82) is 0 Å². The predicted octanol–water partition coefficient (Wildman–Crippen LogP) is 2.22. The zero-order chi connectivity index (χ0) is 13.4. The number of aromatic nitrogens is 4. The van der Waals surface area contributed by atoms with Gasteiger partial charge in [0.15, 0.2) is 0 Å². The Balaban J connectivity index is 1.37. The van der Waals surface area contributed by atoms with Crippen molar-refractivity contribution in [2.24, 2.45) is 5.92 Å². The third-order valence-corrected chi connectivity index (χ3v) is 4.22. The maximum Gasteiger partial charge on any atom is 0.133 e. The zero-order valence-electron chi connectivity index (χ0n) is 11.5. The number of hydrogen-bond donors (Lipinski definition) is 1. The summed E-state index contributed by atoms with van der Waals surface area (Å²) in [6.45, 7) is 2.03. The fourth-order valence-electron chi connectivity index (χ4n) is 2.86. The number of fused-ring (bicyclic) bond motifs is 1. The minimum absolute atomic E-state index is 0.611. The fraction of sp³-hybridized carbons (Fsp3) is 0.533. The van der Waals surface area contributed by atoms with E-state index in [0.29, 0.717) is 11.8 Å². The molecule has 0 saturated heterocycles. The third-order valence-electron chi connectivity index (χ3n) is 4.22. The van der Waals surface area contributed by atoms with Gasteiger partial charge in [-0.1, -0.05) is 0 Å². The van der Waals surface area contributed by atoms with Crippen LogP contribution in [0, 0.1) is 5.92 Å². The minimum Gasteiger partial charge on any atom is -0.370 e. The second kappa shape index (κ2) is 4.89. The summed E-state index contributed by atoms with van der Waals surface area (Å²) in [5, 5.41) is 3.48. The lowest BCUT2D eigenvalue weighted by molar-refractivity contribution is 0.381. The van der Waals surface area contributed by atoms with Gasteiger partial charge in [0.05, 0.1) is 0 Å². The molecule has 104 valence electrons. The van der Waals surface area contributed by atoms with Crippen molar-refractivity contribution in [3.63, 3.8) is 0 Å². The maximum atomic E-state index is 4.61. The molecule has 1 fully saturated rings. The van der Waals surface area contributed by atoms with E-state index < -0.39 is 0 Å². The number of hydrogen-bond acceptors (Lipinski definition) is 4. The van der Waals surface area contributed by atoms with Crippen LogP contribution in [0.4, 0.5) is 5.82 Å². The van der Waals surface area contributed by atoms with Gasteiger partial charge in [0.1, 0.15) is 17.5 Å². The van der Waals surface area contributed by atoms with Gasteiger partial charge in [0.2, 0.25) is 0 Å². The first-order valence-electron chi connectivity index (χ1n) is 7.45. The van der Waals surface area contributed by atoms with Crippen molar-refractivity contribution >= 4 is 5.82 Å². The molecule has 5 heteroatoms. The number of aryl methyl sites for hydroxylation is 1. The molecule has 4 rings (SSSR count). The minimum atomic E-state index is 0.611. The molecule has 1 saturated carbocycles. The SMILES string of the molecule is c1cc(NCC2CCc3nccn3C2)nc(C2CC2)n1. The molecule has 1 unspecified atom stereocenters. The van der Waals surface area contributed by atoms with E-state index in [1.165, 1.54) is 25.1 Å². The van der Waals surface area contributed by atoms with Gasteiger partial charge in [0.25, 0.3) is 0 Å². The molecular formula is C15H19N5. The van der Waals surface area contributed by atoms with Crippen LogP contribution in [0.3, 0.4) is 0 Å². The van der Waals surface area contributed by atoms with E-state index in [2.05, 4.69) is 31.0 Å². The normalized spacial score (nSPS) is 21.5. The monoisotopic (exact) mass is 269 g/mol. The highest BCUT2D eigenvalue weighted by Crippen LogP contribution is 2.38. The molecule has 0 amide bonds. The lowest BCUT2D eigenvalue weighted by Gasteiger charge is -2.24. The van der Waals surface area contributed by atoms with Crippen molar-refractivity contribution in [2.75, 3.05) is 11.9 Å². The van der Waals surface area contributed by atoms with Crippen LogP contribution in [0.1, 0.15) is 36.8 Å². The maximum absolute atomic E-state index is 4.61. The Hall–Kier alpha value is -1.91. The van der Waals surface area contributed by atoms with Crippen molar-refractivity contribution in [3.8, 4) is 0 Å². The van der Waals surface area contributed by atoms with Crippen LogP contribution >= 0.6 is 0 Å². The molecule has 1 aliphatic heterocycles. The third kappa shape index (κ3) is 2.40. The van der Waals surface area contributed by atoms with Gasteiger partial charge in [-0.3, -0.25) is 0 Å². The number of nitrogens with one attached hydrogen (secondary N) is 1. The largest absolute Gasteiger partial charge is 0.370 e. The number of rotatable bonds is 4. The standard InChI is InChI=1S/C15H19N5/c1-4-14-16-7-8-20(14)10-11(1)9-18-13-5-6-17-15(19-13)12-2-3-12/h5-8,11-12H,1-4,9-10H2,(H,17,18,19). The van der Waals surface area contributed by atoms with E-state index in [4.69, 9.17) is 0 Å². The molecule has 1 atom stereocenters. The molecule has 1 N–H and O–H groups in total. The molecule has 2 aromatic rings. The Morgan fingerprint density at radius 3 is 3.05 bits per heavy atom. The molecule has 1 aliphatic carbocycles. The summed E-state index contributed by atoms with van der Waals surface area (Å²) >= 11 is 0. The van der Waals surface area contributed by atoms with Crippen molar-refractivity contribution in [1.82, 2.24) is 19.5 Å². The summed E-state index contributed by atoms with van der Waals surface area (Å²) < 4.78 is 2.27. The van der Waals surface area contributed by atoms with Crippen molar-refractivity contribution < 1.29 is 0 Å². The predicted molar refractivity (Wildman–Crippen MR) is 76.5 cm³/mol. The molecule has 5 nitrogen and oxygen atoms in total. The molecular weight excluding hydrogens is 250 g/mol. The van der Waals surface area contributed by atoms with Gasteiger partial charge in [-0.15, -0.1) is 0 Å². The molecule has 0 bridgehead atoms. The Morgan fingerprint density at radius 1 is 1.20 bits per heavy atom. The summed E-state index contributed by atoms with van der Waals surface area (Å²) in [4.78, 5) is 13.3. The van der Waals surface area contributed by atoms with Gasteiger partial charge in [-0.2, -0.15) is 0 Å². The molecule has 20 heavy (non-hydrogen) atoms. The van der Waals surface area contributed by atoms with E-state index in [-0.39, 0.29) is 0 Å². The lowest BCUT2D eigenvalue weighted by Crippen LogP contribution is -2.26. The van der Waals surface area contributed by atoms with Crippen LogP contribution in [0.15, 0.2) is 24.7 Å². The average Bonchev–Trinajstić information content (AvgIpc) is 3.24. The van der Waals surface area contributed by atoms with E-state index in [1.54, 1.807) is 0 Å². The second-order valence-electron chi connectivity index (χ2n) is 5.86. The van der Waals surface area contributed by atoms with Crippen LogP contribution in [0.25, 0.3) is 0 Å². The Labute approximate surface area is 118 Å². The van der Waals surface area contributed by atoms with Gasteiger partial charge in [-0.25, -0.2) is 15.0 Å². The molecule has 0 radical (unpaired) electrons. The summed E-state index contributed by atoms with van der Waals surface area (Å²) in [5.41, 5.74) is 0. The first-order valence-corrected chi connectivity index (χ1v) is 7.45. The summed E-state index contributed by atoms with van der Waals surface area (Å²) in [7, 11) is 0. The van der Waals surface area contributed by atoms with Crippen LogP contribution in [0.2, 0.25) is 0 Å². The van der Waals surface area contributed by atoms with Crippen LogP contribution in [-0.2, 0) is 13.0 Å².